The predicted molar refractivity (Wildman–Crippen MR) is 97.6 cm³/mol. The monoisotopic (exact) mass is 336 g/mol. The number of carbonyl (C=O) groups excluding carboxylic acids is 1. The molecule has 0 heterocycles. The summed E-state index contributed by atoms with van der Waals surface area (Å²) in [4.78, 5) is 12.3. The van der Waals surface area contributed by atoms with E-state index in [1.807, 2.05) is 38.1 Å². The van der Waals surface area contributed by atoms with Crippen LogP contribution >= 0.6 is 0 Å². The Labute approximate surface area is 147 Å². The Kier molecular flexibility index (Phi) is 6.19. The van der Waals surface area contributed by atoms with E-state index in [1.54, 1.807) is 31.4 Å². The zero-order valence-corrected chi connectivity index (χ0v) is 14.5. The normalized spacial score (nSPS) is 10.7. The van der Waals surface area contributed by atoms with Gasteiger partial charge in [0.2, 0.25) is 0 Å². The molecule has 0 aliphatic rings. The van der Waals surface area contributed by atoms with Crippen LogP contribution in [0.25, 0.3) is 6.08 Å². The van der Waals surface area contributed by atoms with Crippen molar-refractivity contribution in [3.05, 3.63) is 59.2 Å². The van der Waals surface area contributed by atoms with Crippen LogP contribution in [-0.4, -0.2) is 19.6 Å². The number of nitriles is 1. The third-order valence-corrected chi connectivity index (χ3v) is 3.44. The first-order valence-electron chi connectivity index (χ1n) is 7.88. The van der Waals surface area contributed by atoms with Crippen molar-refractivity contribution in [1.29, 1.82) is 5.26 Å². The molecule has 0 atom stereocenters. The van der Waals surface area contributed by atoms with E-state index >= 15 is 0 Å². The van der Waals surface area contributed by atoms with E-state index in [0.29, 0.717) is 29.4 Å². The van der Waals surface area contributed by atoms with E-state index in [9.17, 15) is 10.1 Å². The molecule has 2 aromatic rings. The maximum absolute atomic E-state index is 12.3. The molecule has 0 unspecified atom stereocenters. The van der Waals surface area contributed by atoms with Crippen LogP contribution in [0, 0.1) is 18.3 Å². The molecule has 2 aromatic carbocycles. The smallest absolute Gasteiger partial charge is 0.266 e. The molecule has 128 valence electrons. The van der Waals surface area contributed by atoms with E-state index < -0.39 is 5.91 Å². The molecule has 0 bridgehead atoms. The van der Waals surface area contributed by atoms with Crippen LogP contribution in [0.15, 0.2) is 48.0 Å². The van der Waals surface area contributed by atoms with Gasteiger partial charge in [-0.3, -0.25) is 4.79 Å². The molecule has 0 radical (unpaired) electrons. The van der Waals surface area contributed by atoms with Crippen molar-refractivity contribution in [2.45, 2.75) is 13.8 Å². The molecule has 1 amide bonds. The van der Waals surface area contributed by atoms with Crippen LogP contribution in [-0.2, 0) is 4.79 Å². The van der Waals surface area contributed by atoms with Crippen molar-refractivity contribution in [3.63, 3.8) is 0 Å². The fourth-order valence-corrected chi connectivity index (χ4v) is 2.29. The van der Waals surface area contributed by atoms with Gasteiger partial charge in [-0.1, -0.05) is 18.2 Å². The van der Waals surface area contributed by atoms with Crippen molar-refractivity contribution in [2.75, 3.05) is 19.0 Å². The Balaban J connectivity index is 2.24. The van der Waals surface area contributed by atoms with Gasteiger partial charge in [-0.05, 0) is 55.3 Å². The van der Waals surface area contributed by atoms with E-state index in [4.69, 9.17) is 9.47 Å². The number of anilines is 1. The summed E-state index contributed by atoms with van der Waals surface area (Å²) in [5, 5.41) is 12.0. The molecule has 0 spiro atoms. The number of methoxy groups -OCH3 is 1. The van der Waals surface area contributed by atoms with Gasteiger partial charge in [0.25, 0.3) is 5.91 Å². The van der Waals surface area contributed by atoms with Crippen LogP contribution in [0.1, 0.15) is 18.1 Å². The van der Waals surface area contributed by atoms with Gasteiger partial charge >= 0.3 is 0 Å². The summed E-state index contributed by atoms with van der Waals surface area (Å²) in [6, 6.07) is 14.6. The summed E-state index contributed by atoms with van der Waals surface area (Å²) in [5.74, 6) is 0.706. The SMILES string of the molecule is CCOc1ccc(/C=C(/C#N)C(=O)Nc2cccc(C)c2)cc1OC. The van der Waals surface area contributed by atoms with Gasteiger partial charge < -0.3 is 14.8 Å². The molecule has 5 heteroatoms. The Hall–Kier alpha value is -3.26. The molecule has 0 aromatic heterocycles. The number of aryl methyl sites for hydroxylation is 1. The highest BCUT2D eigenvalue weighted by Crippen LogP contribution is 2.29. The minimum atomic E-state index is -0.457. The Morgan fingerprint density at radius 3 is 2.68 bits per heavy atom. The third kappa shape index (κ3) is 4.85. The molecule has 0 saturated heterocycles. The number of nitrogens with one attached hydrogen (secondary N) is 1. The molecule has 0 saturated carbocycles. The molecule has 5 nitrogen and oxygen atoms in total. The second-order valence-electron chi connectivity index (χ2n) is 5.34. The number of carbonyl (C=O) groups is 1. The summed E-state index contributed by atoms with van der Waals surface area (Å²) >= 11 is 0. The molecule has 2 rings (SSSR count). The number of hydrogen-bond donors (Lipinski definition) is 1. The number of rotatable bonds is 6. The molecule has 1 N–H and O–H groups in total. The molecule has 25 heavy (non-hydrogen) atoms. The maximum atomic E-state index is 12.3. The second-order valence-corrected chi connectivity index (χ2v) is 5.34. The quantitative estimate of drug-likeness (QED) is 0.640. The third-order valence-electron chi connectivity index (χ3n) is 3.44. The van der Waals surface area contributed by atoms with Gasteiger partial charge in [0.05, 0.1) is 13.7 Å². The predicted octanol–water partition coefficient (Wildman–Crippen LogP) is 3.95. The topological polar surface area (TPSA) is 71.3 Å². The minimum Gasteiger partial charge on any atom is -0.493 e. The van der Waals surface area contributed by atoms with Gasteiger partial charge in [0.15, 0.2) is 11.5 Å². The lowest BCUT2D eigenvalue weighted by atomic mass is 10.1. The van der Waals surface area contributed by atoms with Gasteiger partial charge in [-0.2, -0.15) is 5.26 Å². The van der Waals surface area contributed by atoms with Crippen molar-refractivity contribution < 1.29 is 14.3 Å². The fraction of sp³-hybridized carbons (Fsp3) is 0.200. The Morgan fingerprint density at radius 1 is 1.24 bits per heavy atom. The van der Waals surface area contributed by atoms with Crippen LogP contribution in [0.5, 0.6) is 11.5 Å². The van der Waals surface area contributed by atoms with Crippen molar-refractivity contribution in [3.8, 4) is 17.6 Å². The van der Waals surface area contributed by atoms with Crippen LogP contribution in [0.3, 0.4) is 0 Å². The molecular weight excluding hydrogens is 316 g/mol. The number of ether oxygens (including phenoxy) is 2. The van der Waals surface area contributed by atoms with Crippen LogP contribution < -0.4 is 14.8 Å². The van der Waals surface area contributed by atoms with Crippen LogP contribution in [0.4, 0.5) is 5.69 Å². The first-order valence-corrected chi connectivity index (χ1v) is 7.88. The lowest BCUT2D eigenvalue weighted by Crippen LogP contribution is -2.13. The van der Waals surface area contributed by atoms with E-state index in [0.717, 1.165) is 5.56 Å². The number of nitrogens with zero attached hydrogens (tertiary/aromatic N) is 1. The summed E-state index contributed by atoms with van der Waals surface area (Å²) in [6.07, 6.45) is 1.52. The van der Waals surface area contributed by atoms with Gasteiger partial charge in [-0.25, -0.2) is 0 Å². The van der Waals surface area contributed by atoms with Crippen molar-refractivity contribution >= 4 is 17.7 Å². The summed E-state index contributed by atoms with van der Waals surface area (Å²) in [6.45, 7) is 4.34. The average molecular weight is 336 g/mol. The highest BCUT2D eigenvalue weighted by Gasteiger charge is 2.11. The number of hydrogen-bond acceptors (Lipinski definition) is 4. The zero-order valence-electron chi connectivity index (χ0n) is 14.5. The number of benzene rings is 2. The van der Waals surface area contributed by atoms with E-state index in [1.165, 1.54) is 6.08 Å². The van der Waals surface area contributed by atoms with Gasteiger partial charge in [-0.15, -0.1) is 0 Å². The van der Waals surface area contributed by atoms with E-state index in [2.05, 4.69) is 5.32 Å². The standard InChI is InChI=1S/C20H20N2O3/c1-4-25-18-9-8-15(12-19(18)24-3)11-16(13-21)20(23)22-17-7-5-6-14(2)10-17/h5-12H,4H2,1-3H3,(H,22,23)/b16-11-. The fourth-order valence-electron chi connectivity index (χ4n) is 2.29. The lowest BCUT2D eigenvalue weighted by Gasteiger charge is -2.10. The van der Waals surface area contributed by atoms with Crippen LogP contribution in [0.2, 0.25) is 0 Å². The average Bonchev–Trinajstić information content (AvgIpc) is 2.60. The Morgan fingerprint density at radius 2 is 2.04 bits per heavy atom. The molecular formula is C20H20N2O3. The number of amides is 1. The molecule has 0 fully saturated rings. The highest BCUT2D eigenvalue weighted by atomic mass is 16.5. The minimum absolute atomic E-state index is 0.00715. The summed E-state index contributed by atoms with van der Waals surface area (Å²) in [5.41, 5.74) is 2.36. The first-order chi connectivity index (χ1) is 12.1. The van der Waals surface area contributed by atoms with Gasteiger partial charge in [0, 0.05) is 5.69 Å². The van der Waals surface area contributed by atoms with Crippen molar-refractivity contribution in [2.24, 2.45) is 0 Å². The molecule has 0 aliphatic heterocycles. The Bertz CT molecular complexity index is 835. The van der Waals surface area contributed by atoms with E-state index in [-0.39, 0.29) is 5.57 Å². The van der Waals surface area contributed by atoms with Gasteiger partial charge in [0.1, 0.15) is 11.6 Å². The summed E-state index contributed by atoms with van der Waals surface area (Å²) < 4.78 is 10.7. The zero-order chi connectivity index (χ0) is 18.2. The largest absolute Gasteiger partial charge is 0.493 e. The summed E-state index contributed by atoms with van der Waals surface area (Å²) in [7, 11) is 1.54. The van der Waals surface area contributed by atoms with Crippen molar-refractivity contribution in [1.82, 2.24) is 0 Å². The second kappa shape index (κ2) is 8.55. The molecule has 0 aliphatic carbocycles. The highest BCUT2D eigenvalue weighted by molar-refractivity contribution is 6.09. The maximum Gasteiger partial charge on any atom is 0.266 e. The first kappa shape index (κ1) is 18.1. The lowest BCUT2D eigenvalue weighted by molar-refractivity contribution is -0.112.